The third-order valence-corrected chi connectivity index (χ3v) is 8.60. The highest BCUT2D eigenvalue weighted by molar-refractivity contribution is 7.22. The Morgan fingerprint density at radius 1 is 0.909 bits per heavy atom. The molecule has 2 aromatic carbocycles. The standard InChI is InChI=1S/C26H31Cl3N2OS/c1-5-30(6-2)13-7-8-14-31(16-19-10-9-17(3)18(4)15-19)26(32)25-23(29)22-20(27)11-12-21(28)24(22)33-25/h9-12,15H,5-8,13-14,16H2,1-4H3. The Kier molecular flexibility index (Phi) is 9.49. The SMILES string of the molecule is CCN(CC)CCCCN(Cc1ccc(C)c(C)c1)C(=O)c1sc2c(Cl)ccc(Cl)c2c1Cl. The van der Waals surface area contributed by atoms with Crippen LogP contribution in [0.25, 0.3) is 10.1 Å². The number of hydrogen-bond donors (Lipinski definition) is 0. The first-order valence-corrected chi connectivity index (χ1v) is 13.4. The van der Waals surface area contributed by atoms with Gasteiger partial charge in [-0.05, 0) is 75.1 Å². The number of nitrogens with zero attached hydrogens (tertiary/aromatic N) is 2. The summed E-state index contributed by atoms with van der Waals surface area (Å²) in [7, 11) is 0. The predicted molar refractivity (Wildman–Crippen MR) is 145 cm³/mol. The lowest BCUT2D eigenvalue weighted by Gasteiger charge is -2.24. The third kappa shape index (κ3) is 6.23. The van der Waals surface area contributed by atoms with Crippen molar-refractivity contribution in [1.29, 1.82) is 0 Å². The van der Waals surface area contributed by atoms with Gasteiger partial charge in [-0.25, -0.2) is 0 Å². The lowest BCUT2D eigenvalue weighted by atomic mass is 10.1. The molecule has 0 aliphatic rings. The number of fused-ring (bicyclic) bond motifs is 1. The average Bonchev–Trinajstić information content (AvgIpc) is 3.16. The van der Waals surface area contributed by atoms with Crippen molar-refractivity contribution >= 4 is 62.1 Å². The van der Waals surface area contributed by atoms with Gasteiger partial charge in [0, 0.05) is 18.5 Å². The molecule has 3 aromatic rings. The topological polar surface area (TPSA) is 23.6 Å². The lowest BCUT2D eigenvalue weighted by molar-refractivity contribution is 0.0743. The minimum atomic E-state index is -0.0746. The Balaban J connectivity index is 1.87. The second-order valence-electron chi connectivity index (χ2n) is 8.36. The summed E-state index contributed by atoms with van der Waals surface area (Å²) < 4.78 is 0.755. The molecule has 0 spiro atoms. The largest absolute Gasteiger partial charge is 0.334 e. The van der Waals surface area contributed by atoms with Crippen LogP contribution in [-0.2, 0) is 6.54 Å². The number of thiophene rings is 1. The molecule has 0 N–H and O–H groups in total. The Morgan fingerprint density at radius 2 is 1.58 bits per heavy atom. The summed E-state index contributed by atoms with van der Waals surface area (Å²) in [6, 6.07) is 9.83. The molecule has 0 saturated carbocycles. The number of carbonyl (C=O) groups excluding carboxylic acids is 1. The Labute approximate surface area is 216 Å². The van der Waals surface area contributed by atoms with Crippen LogP contribution in [0.3, 0.4) is 0 Å². The van der Waals surface area contributed by atoms with Crippen LogP contribution in [0, 0.1) is 13.8 Å². The van der Waals surface area contributed by atoms with Crippen LogP contribution in [0.5, 0.6) is 0 Å². The Hall–Kier alpha value is -1.30. The van der Waals surface area contributed by atoms with E-state index in [9.17, 15) is 4.79 Å². The van der Waals surface area contributed by atoms with Crippen molar-refractivity contribution in [2.45, 2.75) is 47.1 Å². The molecule has 1 aromatic heterocycles. The van der Waals surface area contributed by atoms with E-state index in [0.717, 1.165) is 42.7 Å². The van der Waals surface area contributed by atoms with E-state index in [1.54, 1.807) is 12.1 Å². The molecule has 0 aliphatic carbocycles. The van der Waals surface area contributed by atoms with Gasteiger partial charge in [-0.3, -0.25) is 4.79 Å². The molecule has 178 valence electrons. The number of benzene rings is 2. The first-order chi connectivity index (χ1) is 15.8. The molecule has 3 rings (SSSR count). The van der Waals surface area contributed by atoms with Gasteiger partial charge < -0.3 is 9.80 Å². The van der Waals surface area contributed by atoms with Crippen molar-refractivity contribution in [2.24, 2.45) is 0 Å². The van der Waals surface area contributed by atoms with Crippen molar-refractivity contribution < 1.29 is 4.79 Å². The summed E-state index contributed by atoms with van der Waals surface area (Å²) in [4.78, 5) is 18.5. The van der Waals surface area contributed by atoms with Crippen LogP contribution in [0.2, 0.25) is 15.1 Å². The molecule has 3 nitrogen and oxygen atoms in total. The fourth-order valence-electron chi connectivity index (χ4n) is 3.93. The van der Waals surface area contributed by atoms with Crippen LogP contribution < -0.4 is 0 Å². The van der Waals surface area contributed by atoms with Gasteiger partial charge in [-0.2, -0.15) is 0 Å². The van der Waals surface area contributed by atoms with Gasteiger partial charge in [-0.1, -0.05) is 66.8 Å². The summed E-state index contributed by atoms with van der Waals surface area (Å²) in [6.07, 6.45) is 1.97. The van der Waals surface area contributed by atoms with E-state index in [2.05, 4.69) is 50.8 Å². The zero-order valence-electron chi connectivity index (χ0n) is 19.7. The van der Waals surface area contributed by atoms with Gasteiger partial charge in [0.25, 0.3) is 5.91 Å². The minimum Gasteiger partial charge on any atom is -0.334 e. The molecule has 0 atom stereocenters. The monoisotopic (exact) mass is 524 g/mol. The van der Waals surface area contributed by atoms with E-state index in [4.69, 9.17) is 34.8 Å². The average molecular weight is 526 g/mol. The second kappa shape index (κ2) is 11.9. The number of amides is 1. The summed E-state index contributed by atoms with van der Waals surface area (Å²) >= 11 is 20.8. The third-order valence-electron chi connectivity index (χ3n) is 6.15. The molecule has 0 fully saturated rings. The van der Waals surface area contributed by atoms with Gasteiger partial charge in [0.2, 0.25) is 0 Å². The van der Waals surface area contributed by atoms with Gasteiger partial charge in [-0.15, -0.1) is 11.3 Å². The normalized spacial score (nSPS) is 11.5. The van der Waals surface area contributed by atoms with Gasteiger partial charge in [0.05, 0.1) is 19.8 Å². The molecule has 0 radical (unpaired) electrons. The van der Waals surface area contributed by atoms with Crippen molar-refractivity contribution in [3.63, 3.8) is 0 Å². The molecule has 0 bridgehead atoms. The summed E-state index contributed by atoms with van der Waals surface area (Å²) in [5, 5.41) is 2.11. The highest BCUT2D eigenvalue weighted by Crippen LogP contribution is 2.43. The number of halogens is 3. The first kappa shape index (κ1) is 26.3. The fraction of sp³-hybridized carbons (Fsp3) is 0.423. The van der Waals surface area contributed by atoms with Crippen LogP contribution in [-0.4, -0.2) is 41.9 Å². The van der Waals surface area contributed by atoms with Crippen molar-refractivity contribution in [2.75, 3.05) is 26.2 Å². The number of carbonyl (C=O) groups is 1. The number of hydrogen-bond acceptors (Lipinski definition) is 3. The molecule has 1 amide bonds. The van der Waals surface area contributed by atoms with E-state index < -0.39 is 0 Å². The Morgan fingerprint density at radius 3 is 2.21 bits per heavy atom. The quantitative estimate of drug-likeness (QED) is 0.249. The van der Waals surface area contributed by atoms with E-state index in [0.29, 0.717) is 38.4 Å². The second-order valence-corrected chi connectivity index (χ2v) is 10.6. The first-order valence-electron chi connectivity index (χ1n) is 11.4. The van der Waals surface area contributed by atoms with Crippen LogP contribution >= 0.6 is 46.1 Å². The van der Waals surface area contributed by atoms with Crippen LogP contribution in [0.4, 0.5) is 0 Å². The van der Waals surface area contributed by atoms with E-state index in [-0.39, 0.29) is 5.91 Å². The molecular weight excluding hydrogens is 495 g/mol. The van der Waals surface area contributed by atoms with E-state index >= 15 is 0 Å². The fourth-order valence-corrected chi connectivity index (χ4v) is 6.10. The highest BCUT2D eigenvalue weighted by Gasteiger charge is 2.25. The van der Waals surface area contributed by atoms with E-state index in [1.165, 1.54) is 22.5 Å². The summed E-state index contributed by atoms with van der Waals surface area (Å²) in [6.45, 7) is 12.9. The number of unbranched alkanes of at least 4 members (excludes halogenated alkanes) is 1. The van der Waals surface area contributed by atoms with Gasteiger partial charge >= 0.3 is 0 Å². The van der Waals surface area contributed by atoms with Crippen LogP contribution in [0.15, 0.2) is 30.3 Å². The molecular formula is C26H31Cl3N2OS. The molecule has 0 aliphatic heterocycles. The predicted octanol–water partition coefficient (Wildman–Crippen LogP) is 8.24. The maximum Gasteiger partial charge on any atom is 0.265 e. The van der Waals surface area contributed by atoms with Gasteiger partial charge in [0.1, 0.15) is 4.88 Å². The summed E-state index contributed by atoms with van der Waals surface area (Å²) in [5.41, 5.74) is 3.58. The zero-order chi connectivity index (χ0) is 24.1. The molecule has 0 saturated heterocycles. The Bertz CT molecular complexity index is 1120. The zero-order valence-corrected chi connectivity index (χ0v) is 22.8. The van der Waals surface area contributed by atoms with Gasteiger partial charge in [0.15, 0.2) is 0 Å². The maximum absolute atomic E-state index is 13.7. The summed E-state index contributed by atoms with van der Waals surface area (Å²) in [5.74, 6) is -0.0746. The molecule has 0 unspecified atom stereocenters. The lowest BCUT2D eigenvalue weighted by Crippen LogP contribution is -2.32. The maximum atomic E-state index is 13.7. The number of rotatable bonds is 10. The molecule has 1 heterocycles. The smallest absolute Gasteiger partial charge is 0.265 e. The van der Waals surface area contributed by atoms with Crippen molar-refractivity contribution in [3.8, 4) is 0 Å². The minimum absolute atomic E-state index is 0.0746. The van der Waals surface area contributed by atoms with Crippen molar-refractivity contribution in [3.05, 3.63) is 67.0 Å². The van der Waals surface area contributed by atoms with E-state index in [1.807, 2.05) is 4.90 Å². The molecule has 7 heteroatoms. The molecule has 33 heavy (non-hydrogen) atoms. The highest BCUT2D eigenvalue weighted by atomic mass is 35.5. The number of aryl methyl sites for hydroxylation is 2. The van der Waals surface area contributed by atoms with Crippen molar-refractivity contribution in [1.82, 2.24) is 9.80 Å². The van der Waals surface area contributed by atoms with Crippen LogP contribution in [0.1, 0.15) is 53.1 Å².